The van der Waals surface area contributed by atoms with Crippen molar-refractivity contribution >= 4 is 11.8 Å². The van der Waals surface area contributed by atoms with Crippen molar-refractivity contribution in [1.82, 2.24) is 4.90 Å². The molecule has 1 aromatic carbocycles. The lowest BCUT2D eigenvalue weighted by Crippen LogP contribution is -2.42. The molecule has 1 heterocycles. The van der Waals surface area contributed by atoms with Gasteiger partial charge in [0.2, 0.25) is 11.8 Å². The van der Waals surface area contributed by atoms with Crippen LogP contribution in [0.1, 0.15) is 25.3 Å². The molecule has 0 bridgehead atoms. The van der Waals surface area contributed by atoms with Crippen LogP contribution in [0.2, 0.25) is 0 Å². The Morgan fingerprint density at radius 1 is 1.24 bits per heavy atom. The normalized spacial score (nSPS) is 17.6. The highest BCUT2D eigenvalue weighted by Crippen LogP contribution is 2.21. The van der Waals surface area contributed by atoms with E-state index in [0.29, 0.717) is 18.4 Å². The van der Waals surface area contributed by atoms with Crippen LogP contribution in [-0.2, 0) is 16.1 Å². The lowest BCUT2D eigenvalue weighted by molar-refractivity contribution is -0.150. The molecule has 17 heavy (non-hydrogen) atoms. The van der Waals surface area contributed by atoms with Crippen molar-refractivity contribution in [2.75, 3.05) is 0 Å². The Balaban J connectivity index is 2.16. The number of carbonyl (C=O) groups is 2. The van der Waals surface area contributed by atoms with E-state index in [9.17, 15) is 14.0 Å². The van der Waals surface area contributed by atoms with E-state index in [-0.39, 0.29) is 30.1 Å². The van der Waals surface area contributed by atoms with Crippen LogP contribution >= 0.6 is 0 Å². The first-order valence-electron chi connectivity index (χ1n) is 5.64. The lowest BCUT2D eigenvalue weighted by atomic mass is 9.97. The molecule has 1 aromatic rings. The van der Waals surface area contributed by atoms with E-state index in [1.165, 1.54) is 6.07 Å². The van der Waals surface area contributed by atoms with E-state index in [0.717, 1.165) is 4.90 Å². The summed E-state index contributed by atoms with van der Waals surface area (Å²) in [5.41, 5.74) is 0.378. The van der Waals surface area contributed by atoms with E-state index in [1.807, 2.05) is 6.92 Å². The fourth-order valence-corrected chi connectivity index (χ4v) is 2.00. The third kappa shape index (κ3) is 2.52. The van der Waals surface area contributed by atoms with Crippen molar-refractivity contribution in [2.45, 2.75) is 26.3 Å². The van der Waals surface area contributed by atoms with Crippen LogP contribution in [-0.4, -0.2) is 16.7 Å². The number of halogens is 1. The molecule has 1 saturated heterocycles. The smallest absolute Gasteiger partial charge is 0.229 e. The Morgan fingerprint density at radius 3 is 2.41 bits per heavy atom. The maximum Gasteiger partial charge on any atom is 0.229 e. The van der Waals surface area contributed by atoms with Gasteiger partial charge in [0.15, 0.2) is 0 Å². The van der Waals surface area contributed by atoms with Crippen molar-refractivity contribution in [3.63, 3.8) is 0 Å². The summed E-state index contributed by atoms with van der Waals surface area (Å²) >= 11 is 0. The molecule has 2 amide bonds. The lowest BCUT2D eigenvalue weighted by Gasteiger charge is -2.28. The first-order valence-corrected chi connectivity index (χ1v) is 5.64. The van der Waals surface area contributed by atoms with Crippen molar-refractivity contribution in [2.24, 2.45) is 5.92 Å². The third-order valence-electron chi connectivity index (χ3n) is 2.93. The molecule has 0 unspecified atom stereocenters. The Labute approximate surface area is 99.2 Å². The molecule has 0 spiro atoms. The fraction of sp³-hybridized carbons (Fsp3) is 0.385. The zero-order chi connectivity index (χ0) is 12.4. The molecular formula is C13H14FNO2. The highest BCUT2D eigenvalue weighted by molar-refractivity contribution is 5.97. The fourth-order valence-electron chi connectivity index (χ4n) is 2.00. The molecular weight excluding hydrogens is 221 g/mol. The average Bonchev–Trinajstić information content (AvgIpc) is 2.25. The SMILES string of the molecule is CC1CC(=O)N(Cc2ccccc2F)C(=O)C1. The number of rotatable bonds is 2. The number of piperidine rings is 1. The van der Waals surface area contributed by atoms with Crippen LogP contribution in [0.25, 0.3) is 0 Å². The van der Waals surface area contributed by atoms with E-state index in [1.54, 1.807) is 18.2 Å². The second kappa shape index (κ2) is 4.65. The molecule has 1 aliphatic rings. The molecule has 2 rings (SSSR count). The summed E-state index contributed by atoms with van der Waals surface area (Å²) in [5, 5.41) is 0. The van der Waals surface area contributed by atoms with Gasteiger partial charge in [0.1, 0.15) is 5.82 Å². The van der Waals surface area contributed by atoms with Gasteiger partial charge < -0.3 is 0 Å². The van der Waals surface area contributed by atoms with Gasteiger partial charge in [0.05, 0.1) is 6.54 Å². The number of hydrogen-bond acceptors (Lipinski definition) is 2. The summed E-state index contributed by atoms with van der Waals surface area (Å²) < 4.78 is 13.4. The van der Waals surface area contributed by atoms with Gasteiger partial charge in [-0.05, 0) is 12.0 Å². The van der Waals surface area contributed by atoms with Gasteiger partial charge in [-0.3, -0.25) is 14.5 Å². The Kier molecular flexibility index (Phi) is 3.22. The predicted octanol–water partition coefficient (Wildman–Crippen LogP) is 2.11. The van der Waals surface area contributed by atoms with Crippen molar-refractivity contribution < 1.29 is 14.0 Å². The summed E-state index contributed by atoms with van der Waals surface area (Å²) in [7, 11) is 0. The molecule has 4 heteroatoms. The zero-order valence-corrected chi connectivity index (χ0v) is 9.65. The van der Waals surface area contributed by atoms with Gasteiger partial charge in [0, 0.05) is 18.4 Å². The van der Waals surface area contributed by atoms with Crippen molar-refractivity contribution in [1.29, 1.82) is 0 Å². The number of nitrogens with zero attached hydrogens (tertiary/aromatic N) is 1. The molecule has 0 radical (unpaired) electrons. The summed E-state index contributed by atoms with van der Waals surface area (Å²) in [6.07, 6.45) is 0.723. The summed E-state index contributed by atoms with van der Waals surface area (Å²) in [6.45, 7) is 1.91. The van der Waals surface area contributed by atoms with Crippen molar-refractivity contribution in [3.8, 4) is 0 Å². The summed E-state index contributed by atoms with van der Waals surface area (Å²) in [5.74, 6) is -0.715. The number of hydrogen-bond donors (Lipinski definition) is 0. The molecule has 1 fully saturated rings. The highest BCUT2D eigenvalue weighted by atomic mass is 19.1. The quantitative estimate of drug-likeness (QED) is 0.736. The number of amides is 2. The Bertz CT molecular complexity index is 440. The molecule has 0 N–H and O–H groups in total. The number of carbonyl (C=O) groups excluding carboxylic acids is 2. The standard InChI is InChI=1S/C13H14FNO2/c1-9-6-12(16)15(13(17)7-9)8-10-4-2-3-5-11(10)14/h2-5,9H,6-8H2,1H3. The highest BCUT2D eigenvalue weighted by Gasteiger charge is 2.30. The van der Waals surface area contributed by atoms with Crippen LogP contribution in [0.4, 0.5) is 4.39 Å². The second-order valence-electron chi connectivity index (χ2n) is 4.48. The summed E-state index contributed by atoms with van der Waals surface area (Å²) in [4.78, 5) is 24.6. The van der Waals surface area contributed by atoms with Gasteiger partial charge in [0.25, 0.3) is 0 Å². The van der Waals surface area contributed by atoms with Crippen molar-refractivity contribution in [3.05, 3.63) is 35.6 Å². The topological polar surface area (TPSA) is 37.4 Å². The largest absolute Gasteiger partial charge is 0.278 e. The van der Waals surface area contributed by atoms with E-state index < -0.39 is 0 Å². The number of likely N-dealkylation sites (tertiary alicyclic amines) is 1. The molecule has 90 valence electrons. The minimum atomic E-state index is -0.383. The summed E-state index contributed by atoms with van der Waals surface area (Å²) in [6, 6.07) is 6.20. The molecule has 0 saturated carbocycles. The van der Waals surface area contributed by atoms with Gasteiger partial charge >= 0.3 is 0 Å². The van der Waals surface area contributed by atoms with Gasteiger partial charge in [-0.25, -0.2) is 4.39 Å². The van der Waals surface area contributed by atoms with E-state index in [4.69, 9.17) is 0 Å². The van der Waals surface area contributed by atoms with Crippen LogP contribution in [0, 0.1) is 11.7 Å². The average molecular weight is 235 g/mol. The first-order chi connectivity index (χ1) is 8.08. The van der Waals surface area contributed by atoms with E-state index >= 15 is 0 Å². The number of benzene rings is 1. The Morgan fingerprint density at radius 2 is 1.82 bits per heavy atom. The predicted molar refractivity (Wildman–Crippen MR) is 60.4 cm³/mol. The monoisotopic (exact) mass is 235 g/mol. The van der Waals surface area contributed by atoms with Crippen LogP contribution in [0.5, 0.6) is 0 Å². The minimum absolute atomic E-state index is 0.0387. The van der Waals surface area contributed by atoms with Crippen LogP contribution < -0.4 is 0 Å². The molecule has 1 aliphatic heterocycles. The zero-order valence-electron chi connectivity index (χ0n) is 9.65. The van der Waals surface area contributed by atoms with Crippen LogP contribution in [0.3, 0.4) is 0 Å². The third-order valence-corrected chi connectivity index (χ3v) is 2.93. The maximum absolute atomic E-state index is 13.4. The molecule has 0 aromatic heterocycles. The van der Waals surface area contributed by atoms with Gasteiger partial charge in [-0.15, -0.1) is 0 Å². The maximum atomic E-state index is 13.4. The van der Waals surface area contributed by atoms with Gasteiger partial charge in [-0.2, -0.15) is 0 Å². The first kappa shape index (κ1) is 11.8. The second-order valence-corrected chi connectivity index (χ2v) is 4.48. The van der Waals surface area contributed by atoms with E-state index in [2.05, 4.69) is 0 Å². The Hall–Kier alpha value is -1.71. The van der Waals surface area contributed by atoms with Gasteiger partial charge in [-0.1, -0.05) is 25.1 Å². The molecule has 3 nitrogen and oxygen atoms in total. The minimum Gasteiger partial charge on any atom is -0.278 e. The van der Waals surface area contributed by atoms with Crippen LogP contribution in [0.15, 0.2) is 24.3 Å². The molecule has 0 atom stereocenters. The molecule has 0 aliphatic carbocycles. The number of imide groups is 1.